The molecule has 0 bridgehead atoms. The molecule has 1 saturated heterocycles. The Labute approximate surface area is 104 Å². The summed E-state index contributed by atoms with van der Waals surface area (Å²) in [6.45, 7) is 11.0. The van der Waals surface area contributed by atoms with Crippen molar-refractivity contribution in [2.75, 3.05) is 19.7 Å². The van der Waals surface area contributed by atoms with E-state index >= 15 is 0 Å². The molecule has 1 heterocycles. The molecule has 1 atom stereocenters. The second kappa shape index (κ2) is 4.94. The normalized spacial score (nSPS) is 22.1. The molecule has 4 nitrogen and oxygen atoms in total. The number of aliphatic hydroxyl groups excluding tert-OH is 1. The lowest BCUT2D eigenvalue weighted by molar-refractivity contribution is -0.160. The second-order valence-electron chi connectivity index (χ2n) is 6.51. The van der Waals surface area contributed by atoms with Gasteiger partial charge in [0.05, 0.1) is 6.54 Å². The highest BCUT2D eigenvalue weighted by atomic mass is 16.6. The van der Waals surface area contributed by atoms with E-state index in [0.29, 0.717) is 6.54 Å². The lowest BCUT2D eigenvalue weighted by Crippen LogP contribution is -2.58. The lowest BCUT2D eigenvalue weighted by atomic mass is 9.78. The molecule has 100 valence electrons. The summed E-state index contributed by atoms with van der Waals surface area (Å²) < 4.78 is 5.30. The number of carbonyl (C=O) groups is 1. The van der Waals surface area contributed by atoms with E-state index in [1.165, 1.54) is 0 Å². The topological polar surface area (TPSA) is 49.8 Å². The first-order valence-electron chi connectivity index (χ1n) is 6.22. The molecule has 17 heavy (non-hydrogen) atoms. The molecule has 0 aromatic carbocycles. The fourth-order valence-electron chi connectivity index (χ4n) is 2.16. The zero-order valence-corrected chi connectivity index (χ0v) is 11.6. The summed E-state index contributed by atoms with van der Waals surface area (Å²) in [4.78, 5) is 13.8. The van der Waals surface area contributed by atoms with Crippen molar-refractivity contribution in [3.63, 3.8) is 0 Å². The Morgan fingerprint density at radius 3 is 2.29 bits per heavy atom. The average molecular weight is 243 g/mol. The molecule has 1 rings (SSSR count). The molecule has 0 amide bonds. The molecule has 1 N–H and O–H groups in total. The molecule has 0 saturated carbocycles. The van der Waals surface area contributed by atoms with Gasteiger partial charge in [0.2, 0.25) is 0 Å². The average Bonchev–Trinajstić information content (AvgIpc) is 2.09. The van der Waals surface area contributed by atoms with Crippen LogP contribution in [0.1, 0.15) is 41.0 Å². The van der Waals surface area contributed by atoms with Gasteiger partial charge in [0.1, 0.15) is 5.60 Å². The predicted octanol–water partition coefficient (Wildman–Crippen LogP) is 1.42. The Balaban J connectivity index is 2.46. The Kier molecular flexibility index (Phi) is 4.20. The molecule has 0 aliphatic carbocycles. The number of carbonyl (C=O) groups excluding carboxylic acids is 1. The number of ether oxygens (including phenoxy) is 1. The Morgan fingerprint density at radius 2 is 1.94 bits per heavy atom. The summed E-state index contributed by atoms with van der Waals surface area (Å²) >= 11 is 0. The van der Waals surface area contributed by atoms with Gasteiger partial charge in [-0.3, -0.25) is 9.69 Å². The van der Waals surface area contributed by atoms with E-state index in [2.05, 4.69) is 4.90 Å². The zero-order valence-electron chi connectivity index (χ0n) is 11.6. The predicted molar refractivity (Wildman–Crippen MR) is 66.7 cm³/mol. The van der Waals surface area contributed by atoms with Crippen molar-refractivity contribution >= 4 is 5.97 Å². The third kappa shape index (κ3) is 3.96. The van der Waals surface area contributed by atoms with Gasteiger partial charge in [0.25, 0.3) is 0 Å². The van der Waals surface area contributed by atoms with E-state index in [0.717, 1.165) is 13.0 Å². The Morgan fingerprint density at radius 1 is 1.35 bits per heavy atom. The van der Waals surface area contributed by atoms with Crippen molar-refractivity contribution in [1.82, 2.24) is 4.90 Å². The number of rotatable bonds is 4. The van der Waals surface area contributed by atoms with Gasteiger partial charge < -0.3 is 9.84 Å². The first-order valence-corrected chi connectivity index (χ1v) is 6.22. The molecule has 0 radical (unpaired) electrons. The van der Waals surface area contributed by atoms with Crippen LogP contribution < -0.4 is 0 Å². The SMILES string of the molecule is CC(C)(C)OC(=O)CN1CCC1C(C)(C)CO. The van der Waals surface area contributed by atoms with Crippen molar-refractivity contribution < 1.29 is 14.6 Å². The van der Waals surface area contributed by atoms with Gasteiger partial charge in [0.15, 0.2) is 0 Å². The van der Waals surface area contributed by atoms with Gasteiger partial charge in [-0.1, -0.05) is 13.8 Å². The highest BCUT2D eigenvalue weighted by Gasteiger charge is 2.40. The van der Waals surface area contributed by atoms with Gasteiger partial charge in [-0.05, 0) is 27.2 Å². The van der Waals surface area contributed by atoms with Crippen LogP contribution in [-0.2, 0) is 9.53 Å². The van der Waals surface area contributed by atoms with Crippen molar-refractivity contribution in [3.05, 3.63) is 0 Å². The summed E-state index contributed by atoms with van der Waals surface area (Å²) in [5, 5.41) is 9.32. The van der Waals surface area contributed by atoms with Crippen LogP contribution in [0.15, 0.2) is 0 Å². The molecule has 1 unspecified atom stereocenters. The maximum Gasteiger partial charge on any atom is 0.320 e. The maximum atomic E-state index is 11.7. The quantitative estimate of drug-likeness (QED) is 0.759. The molecule has 1 aliphatic rings. The third-order valence-electron chi connectivity index (χ3n) is 3.19. The summed E-state index contributed by atoms with van der Waals surface area (Å²) in [5.41, 5.74) is -0.579. The van der Waals surface area contributed by atoms with Gasteiger partial charge in [0, 0.05) is 24.6 Å². The first kappa shape index (κ1) is 14.5. The number of esters is 1. The van der Waals surface area contributed by atoms with Gasteiger partial charge >= 0.3 is 5.97 Å². The largest absolute Gasteiger partial charge is 0.459 e. The van der Waals surface area contributed by atoms with Crippen LogP contribution in [0.25, 0.3) is 0 Å². The molecule has 0 aromatic heterocycles. The molecular formula is C13H25NO3. The van der Waals surface area contributed by atoms with E-state index in [9.17, 15) is 9.90 Å². The summed E-state index contributed by atoms with van der Waals surface area (Å²) in [7, 11) is 0. The maximum absolute atomic E-state index is 11.7. The van der Waals surface area contributed by atoms with Crippen molar-refractivity contribution in [3.8, 4) is 0 Å². The van der Waals surface area contributed by atoms with Gasteiger partial charge in [-0.25, -0.2) is 0 Å². The van der Waals surface area contributed by atoms with E-state index in [1.54, 1.807) is 0 Å². The molecular weight excluding hydrogens is 218 g/mol. The second-order valence-corrected chi connectivity index (χ2v) is 6.51. The van der Waals surface area contributed by atoms with Crippen molar-refractivity contribution in [2.24, 2.45) is 5.41 Å². The number of aliphatic hydroxyl groups is 1. The van der Waals surface area contributed by atoms with E-state index in [-0.39, 0.29) is 24.0 Å². The summed E-state index contributed by atoms with van der Waals surface area (Å²) in [6.07, 6.45) is 1.04. The molecule has 1 aliphatic heterocycles. The van der Waals surface area contributed by atoms with Crippen LogP contribution >= 0.6 is 0 Å². The lowest BCUT2D eigenvalue weighted by Gasteiger charge is -2.48. The third-order valence-corrected chi connectivity index (χ3v) is 3.19. The van der Waals surface area contributed by atoms with Crippen LogP contribution in [0, 0.1) is 5.41 Å². The molecule has 4 heteroatoms. The number of likely N-dealkylation sites (tertiary alicyclic amines) is 1. The van der Waals surface area contributed by atoms with E-state index in [4.69, 9.17) is 4.74 Å². The molecule has 0 aromatic rings. The Hall–Kier alpha value is -0.610. The van der Waals surface area contributed by atoms with Crippen LogP contribution in [0.4, 0.5) is 0 Å². The smallest absolute Gasteiger partial charge is 0.320 e. The highest BCUT2D eigenvalue weighted by Crippen LogP contribution is 2.33. The fourth-order valence-corrected chi connectivity index (χ4v) is 2.16. The minimum Gasteiger partial charge on any atom is -0.459 e. The monoisotopic (exact) mass is 243 g/mol. The van der Waals surface area contributed by atoms with Crippen LogP contribution in [0.2, 0.25) is 0 Å². The molecule has 0 spiro atoms. The van der Waals surface area contributed by atoms with Crippen molar-refractivity contribution in [1.29, 1.82) is 0 Å². The van der Waals surface area contributed by atoms with Gasteiger partial charge in [-0.15, -0.1) is 0 Å². The van der Waals surface area contributed by atoms with E-state index < -0.39 is 5.60 Å². The fraction of sp³-hybridized carbons (Fsp3) is 0.923. The summed E-state index contributed by atoms with van der Waals surface area (Å²) in [5.74, 6) is -0.184. The Bertz CT molecular complexity index is 281. The van der Waals surface area contributed by atoms with E-state index in [1.807, 2.05) is 34.6 Å². The zero-order chi connectivity index (χ0) is 13.3. The van der Waals surface area contributed by atoms with Crippen LogP contribution in [0.5, 0.6) is 0 Å². The minimum atomic E-state index is -0.427. The number of nitrogens with zero attached hydrogens (tertiary/aromatic N) is 1. The number of hydrogen-bond donors (Lipinski definition) is 1. The van der Waals surface area contributed by atoms with Crippen LogP contribution in [0.3, 0.4) is 0 Å². The summed E-state index contributed by atoms with van der Waals surface area (Å²) in [6, 6.07) is 0.278. The standard InChI is InChI=1S/C13H25NO3/c1-12(2,3)17-11(16)8-14-7-6-10(14)13(4,5)9-15/h10,15H,6-9H2,1-5H3. The van der Waals surface area contributed by atoms with Crippen LogP contribution in [-0.4, -0.2) is 47.3 Å². The van der Waals surface area contributed by atoms with Crippen molar-refractivity contribution in [2.45, 2.75) is 52.7 Å². The minimum absolute atomic E-state index is 0.141. The first-order chi connectivity index (χ1) is 7.65. The van der Waals surface area contributed by atoms with Gasteiger partial charge in [-0.2, -0.15) is 0 Å². The molecule has 1 fully saturated rings. The highest BCUT2D eigenvalue weighted by molar-refractivity contribution is 5.72. The number of hydrogen-bond acceptors (Lipinski definition) is 4.